The normalized spacial score (nSPS) is 11.2. The van der Waals surface area contributed by atoms with Crippen molar-refractivity contribution in [3.63, 3.8) is 0 Å². The second-order valence-corrected chi connectivity index (χ2v) is 6.15. The van der Waals surface area contributed by atoms with E-state index in [1.807, 2.05) is 72.8 Å². The molecule has 3 rings (SSSR count). The molecule has 0 saturated carbocycles. The summed E-state index contributed by atoms with van der Waals surface area (Å²) in [6.45, 7) is 0. The van der Waals surface area contributed by atoms with Gasteiger partial charge >= 0.3 is 5.97 Å². The van der Waals surface area contributed by atoms with Gasteiger partial charge in [-0.3, -0.25) is 4.79 Å². The van der Waals surface area contributed by atoms with E-state index in [0.29, 0.717) is 5.02 Å². The van der Waals surface area contributed by atoms with Crippen molar-refractivity contribution in [3.8, 4) is 0 Å². The van der Waals surface area contributed by atoms with Crippen LogP contribution in [0.25, 0.3) is 0 Å². The number of hydrogen-bond acceptors (Lipinski definition) is 1. The molecule has 24 heavy (non-hydrogen) atoms. The van der Waals surface area contributed by atoms with E-state index in [9.17, 15) is 9.90 Å². The molecule has 0 atom stereocenters. The van der Waals surface area contributed by atoms with Gasteiger partial charge in [0.1, 0.15) is 0 Å². The lowest BCUT2D eigenvalue weighted by atomic mass is 9.67. The maximum Gasteiger partial charge on any atom is 0.304 e. The Morgan fingerprint density at radius 2 is 1.17 bits per heavy atom. The number of aliphatic carboxylic acids is 1. The smallest absolute Gasteiger partial charge is 0.304 e. The number of halogens is 1. The summed E-state index contributed by atoms with van der Waals surface area (Å²) >= 11 is 6.04. The van der Waals surface area contributed by atoms with E-state index in [4.69, 9.17) is 11.6 Å². The Balaban J connectivity index is 2.32. The van der Waals surface area contributed by atoms with E-state index in [-0.39, 0.29) is 6.42 Å². The molecule has 0 bridgehead atoms. The first-order valence-electron chi connectivity index (χ1n) is 7.72. The van der Waals surface area contributed by atoms with Crippen LogP contribution in [0.2, 0.25) is 5.02 Å². The van der Waals surface area contributed by atoms with Gasteiger partial charge in [-0.1, -0.05) is 84.4 Å². The van der Waals surface area contributed by atoms with Gasteiger partial charge in [0.2, 0.25) is 0 Å². The third-order valence-corrected chi connectivity index (χ3v) is 4.54. The molecule has 2 nitrogen and oxygen atoms in total. The summed E-state index contributed by atoms with van der Waals surface area (Å²) in [6, 6.07) is 26.9. The zero-order valence-electron chi connectivity index (χ0n) is 13.0. The summed E-state index contributed by atoms with van der Waals surface area (Å²) in [5.74, 6) is -0.849. The Morgan fingerprint density at radius 1 is 0.750 bits per heavy atom. The molecule has 0 aliphatic heterocycles. The van der Waals surface area contributed by atoms with Crippen molar-refractivity contribution in [3.05, 3.63) is 107 Å². The zero-order valence-corrected chi connectivity index (χ0v) is 13.8. The van der Waals surface area contributed by atoms with Crippen molar-refractivity contribution < 1.29 is 9.90 Å². The van der Waals surface area contributed by atoms with Crippen molar-refractivity contribution in [2.24, 2.45) is 0 Å². The fourth-order valence-electron chi connectivity index (χ4n) is 3.21. The number of hydrogen-bond donors (Lipinski definition) is 1. The molecule has 0 fully saturated rings. The maximum atomic E-state index is 11.8. The Kier molecular flexibility index (Phi) is 4.68. The van der Waals surface area contributed by atoms with E-state index in [0.717, 1.165) is 16.7 Å². The highest BCUT2D eigenvalue weighted by Gasteiger charge is 2.38. The van der Waals surface area contributed by atoms with Crippen LogP contribution in [0, 0.1) is 0 Å². The quantitative estimate of drug-likeness (QED) is 0.654. The van der Waals surface area contributed by atoms with Crippen LogP contribution in [-0.2, 0) is 10.2 Å². The van der Waals surface area contributed by atoms with Crippen LogP contribution in [-0.4, -0.2) is 11.1 Å². The highest BCUT2D eigenvalue weighted by Crippen LogP contribution is 2.42. The molecule has 1 N–H and O–H groups in total. The number of rotatable bonds is 5. The van der Waals surface area contributed by atoms with Gasteiger partial charge < -0.3 is 5.11 Å². The van der Waals surface area contributed by atoms with Crippen LogP contribution in [0.4, 0.5) is 0 Å². The monoisotopic (exact) mass is 336 g/mol. The molecule has 0 amide bonds. The molecule has 3 aromatic carbocycles. The van der Waals surface area contributed by atoms with Gasteiger partial charge in [0.05, 0.1) is 11.8 Å². The fraction of sp³-hybridized carbons (Fsp3) is 0.0952. The standard InChI is InChI=1S/C21H17ClO2/c22-19-13-11-18(12-14-19)21(15-20(23)24,16-7-3-1-4-8-16)17-9-5-2-6-10-17/h1-14H,15H2,(H,23,24). The molecule has 0 spiro atoms. The Morgan fingerprint density at radius 3 is 1.58 bits per heavy atom. The minimum absolute atomic E-state index is 0.0390. The summed E-state index contributed by atoms with van der Waals surface area (Å²) in [4.78, 5) is 11.8. The van der Waals surface area contributed by atoms with E-state index in [1.165, 1.54) is 0 Å². The van der Waals surface area contributed by atoms with Gasteiger partial charge in [-0.25, -0.2) is 0 Å². The molecule has 0 heterocycles. The van der Waals surface area contributed by atoms with E-state index in [1.54, 1.807) is 12.1 Å². The third kappa shape index (κ3) is 3.06. The minimum atomic E-state index is -0.849. The predicted octanol–water partition coefficient (Wildman–Crippen LogP) is 5.15. The molecule has 0 aliphatic rings. The van der Waals surface area contributed by atoms with Crippen molar-refractivity contribution in [1.29, 1.82) is 0 Å². The summed E-state index contributed by atoms with van der Waals surface area (Å²) in [5, 5.41) is 10.3. The first kappa shape index (κ1) is 16.3. The van der Waals surface area contributed by atoms with Crippen molar-refractivity contribution in [2.45, 2.75) is 11.8 Å². The van der Waals surface area contributed by atoms with Crippen molar-refractivity contribution in [2.75, 3.05) is 0 Å². The molecular weight excluding hydrogens is 320 g/mol. The topological polar surface area (TPSA) is 37.3 Å². The van der Waals surface area contributed by atoms with Gasteiger partial charge in [-0.2, -0.15) is 0 Å². The van der Waals surface area contributed by atoms with E-state index < -0.39 is 11.4 Å². The summed E-state index contributed by atoms with van der Waals surface area (Å²) in [6.07, 6.45) is -0.0390. The lowest BCUT2D eigenvalue weighted by Gasteiger charge is -2.34. The van der Waals surface area contributed by atoms with Gasteiger partial charge in [0.25, 0.3) is 0 Å². The Hall–Kier alpha value is -2.58. The molecule has 0 unspecified atom stereocenters. The van der Waals surface area contributed by atoms with Gasteiger partial charge in [0, 0.05) is 5.02 Å². The second-order valence-electron chi connectivity index (χ2n) is 5.71. The SMILES string of the molecule is O=C(O)CC(c1ccccc1)(c1ccccc1)c1ccc(Cl)cc1. The molecule has 0 aliphatic carbocycles. The molecule has 0 aromatic heterocycles. The highest BCUT2D eigenvalue weighted by atomic mass is 35.5. The summed E-state index contributed by atoms with van der Waals surface area (Å²) in [7, 11) is 0. The fourth-order valence-corrected chi connectivity index (χ4v) is 3.34. The lowest BCUT2D eigenvalue weighted by molar-refractivity contribution is -0.137. The second kappa shape index (κ2) is 6.90. The highest BCUT2D eigenvalue weighted by molar-refractivity contribution is 6.30. The van der Waals surface area contributed by atoms with Crippen LogP contribution in [0.15, 0.2) is 84.9 Å². The predicted molar refractivity (Wildman–Crippen MR) is 96.5 cm³/mol. The number of carboxylic acids is 1. The van der Waals surface area contributed by atoms with Crippen LogP contribution < -0.4 is 0 Å². The van der Waals surface area contributed by atoms with Crippen molar-refractivity contribution in [1.82, 2.24) is 0 Å². The average Bonchev–Trinajstić information content (AvgIpc) is 2.62. The molecule has 0 radical (unpaired) electrons. The molecule has 3 heteroatoms. The lowest BCUT2D eigenvalue weighted by Crippen LogP contribution is -2.32. The molecule has 120 valence electrons. The summed E-state index contributed by atoms with van der Waals surface area (Å²) < 4.78 is 0. The Labute approximate surface area is 146 Å². The molecule has 0 saturated heterocycles. The van der Waals surface area contributed by atoms with Crippen LogP contribution in [0.5, 0.6) is 0 Å². The molecule has 3 aromatic rings. The van der Waals surface area contributed by atoms with Gasteiger partial charge in [0.15, 0.2) is 0 Å². The number of carbonyl (C=O) groups is 1. The molecular formula is C21H17ClO2. The average molecular weight is 337 g/mol. The minimum Gasteiger partial charge on any atom is -0.481 e. The number of benzene rings is 3. The largest absolute Gasteiger partial charge is 0.481 e. The van der Waals surface area contributed by atoms with E-state index >= 15 is 0 Å². The first-order chi connectivity index (χ1) is 11.6. The number of carboxylic acid groups (broad SMARTS) is 1. The first-order valence-corrected chi connectivity index (χ1v) is 8.09. The van der Waals surface area contributed by atoms with E-state index in [2.05, 4.69) is 0 Å². The van der Waals surface area contributed by atoms with Gasteiger partial charge in [-0.05, 0) is 28.8 Å². The van der Waals surface area contributed by atoms with Crippen LogP contribution in [0.3, 0.4) is 0 Å². The Bertz CT molecular complexity index is 772. The van der Waals surface area contributed by atoms with Crippen molar-refractivity contribution >= 4 is 17.6 Å². The summed E-state index contributed by atoms with van der Waals surface area (Å²) in [5.41, 5.74) is 2.03. The van der Waals surface area contributed by atoms with Gasteiger partial charge in [-0.15, -0.1) is 0 Å². The third-order valence-electron chi connectivity index (χ3n) is 4.29. The van der Waals surface area contributed by atoms with Crippen LogP contribution in [0.1, 0.15) is 23.1 Å². The van der Waals surface area contributed by atoms with Crippen LogP contribution >= 0.6 is 11.6 Å². The zero-order chi connectivity index (χ0) is 17.0. The maximum absolute atomic E-state index is 11.8.